The summed E-state index contributed by atoms with van der Waals surface area (Å²) in [6, 6.07) is 29.2. The number of para-hydroxylation sites is 2. The third-order valence-corrected chi connectivity index (χ3v) is 10.9. The van der Waals surface area contributed by atoms with Gasteiger partial charge >= 0.3 is 0 Å². The molecule has 3 aromatic carbocycles. The van der Waals surface area contributed by atoms with Gasteiger partial charge in [-0.15, -0.1) is 0 Å². The van der Waals surface area contributed by atoms with Gasteiger partial charge < -0.3 is 9.34 Å². The number of anilines is 2. The number of rotatable bonds is 5. The summed E-state index contributed by atoms with van der Waals surface area (Å²) >= 11 is 1.99. The van der Waals surface area contributed by atoms with E-state index in [2.05, 4.69) is 69.7 Å². The maximum Gasteiger partial charge on any atom is 0.284 e. The average Bonchev–Trinajstić information content (AvgIpc) is 3.20. The van der Waals surface area contributed by atoms with E-state index in [1.54, 1.807) is 0 Å². The Labute approximate surface area is 195 Å². The van der Waals surface area contributed by atoms with Crippen LogP contribution < -0.4 is 9.34 Å². The zero-order chi connectivity index (χ0) is 22.0. The number of nitrogens with zero attached hydrogens (tertiary/aromatic N) is 3. The summed E-state index contributed by atoms with van der Waals surface area (Å²) < 4.78 is 20.0. The predicted molar refractivity (Wildman–Crippen MR) is 138 cm³/mol. The Bertz CT molecular complexity index is 1040. The molecule has 1 unspecified atom stereocenters. The molecular formula is C26H30N3OPS. The summed E-state index contributed by atoms with van der Waals surface area (Å²) in [5.74, 6) is 1.99. The Morgan fingerprint density at radius 3 is 1.75 bits per heavy atom. The zero-order valence-electron chi connectivity index (χ0n) is 18.5. The van der Waals surface area contributed by atoms with Crippen molar-refractivity contribution in [3.05, 3.63) is 96.1 Å². The van der Waals surface area contributed by atoms with Gasteiger partial charge in [0.15, 0.2) is 0 Å². The fourth-order valence-electron chi connectivity index (χ4n) is 4.95. The Balaban J connectivity index is 1.71. The van der Waals surface area contributed by atoms with Crippen LogP contribution in [0.1, 0.15) is 16.9 Å². The van der Waals surface area contributed by atoms with Gasteiger partial charge in [0.2, 0.25) is 0 Å². The molecule has 32 heavy (non-hydrogen) atoms. The lowest BCUT2D eigenvalue weighted by Gasteiger charge is -2.44. The van der Waals surface area contributed by atoms with E-state index in [9.17, 15) is 0 Å². The molecule has 0 amide bonds. The SMILES string of the molecule is Cc1ccccc1C(N1CCSCC1)P1(=O)N(c2ccccc2)CCN1c1ccccc1. The summed E-state index contributed by atoms with van der Waals surface area (Å²) in [5.41, 5.74) is 4.48. The molecule has 2 aliphatic rings. The molecule has 2 aliphatic heterocycles. The van der Waals surface area contributed by atoms with E-state index < -0.39 is 7.44 Å². The Kier molecular flexibility index (Phi) is 6.32. The van der Waals surface area contributed by atoms with Crippen molar-refractivity contribution in [3.8, 4) is 0 Å². The molecule has 0 bridgehead atoms. The van der Waals surface area contributed by atoms with Crippen molar-refractivity contribution in [3.63, 3.8) is 0 Å². The predicted octanol–water partition coefficient (Wildman–Crippen LogP) is 6.26. The third-order valence-electron chi connectivity index (χ3n) is 6.50. The summed E-state index contributed by atoms with van der Waals surface area (Å²) in [7, 11) is -3.08. The van der Waals surface area contributed by atoms with Gasteiger partial charge in [-0.25, -0.2) is 0 Å². The van der Waals surface area contributed by atoms with E-state index >= 15 is 4.57 Å². The van der Waals surface area contributed by atoms with Crippen molar-refractivity contribution in [2.24, 2.45) is 0 Å². The molecule has 2 fully saturated rings. The topological polar surface area (TPSA) is 26.8 Å². The standard InChI is InChI=1S/C26H30N3OPS/c1-22-10-8-9-15-25(22)26(27-18-20-32-21-19-27)31(30)28(23-11-4-2-5-12-23)16-17-29(31)24-13-6-3-7-14-24/h2-15,26H,16-21H2,1H3. The Hall–Kier alpha value is -2.20. The van der Waals surface area contributed by atoms with Gasteiger partial charge in [-0.05, 0) is 42.3 Å². The van der Waals surface area contributed by atoms with Gasteiger partial charge in [0.1, 0.15) is 5.78 Å². The van der Waals surface area contributed by atoms with Crippen LogP contribution in [0.5, 0.6) is 0 Å². The van der Waals surface area contributed by atoms with Crippen molar-refractivity contribution in [1.82, 2.24) is 4.90 Å². The molecular weight excluding hydrogens is 433 g/mol. The molecule has 0 saturated carbocycles. The second-order valence-corrected chi connectivity index (χ2v) is 12.2. The third kappa shape index (κ3) is 3.87. The monoisotopic (exact) mass is 463 g/mol. The number of hydrogen-bond donors (Lipinski definition) is 0. The second kappa shape index (κ2) is 9.35. The first-order chi connectivity index (χ1) is 15.7. The smallest absolute Gasteiger partial charge is 0.284 e. The first-order valence-corrected chi connectivity index (χ1v) is 14.2. The van der Waals surface area contributed by atoms with Gasteiger partial charge in [0.25, 0.3) is 7.44 Å². The fraction of sp³-hybridized carbons (Fsp3) is 0.308. The molecule has 2 heterocycles. The molecule has 0 radical (unpaired) electrons. The highest BCUT2D eigenvalue weighted by molar-refractivity contribution is 7.99. The molecule has 1 atom stereocenters. The van der Waals surface area contributed by atoms with E-state index in [0.717, 1.165) is 49.1 Å². The summed E-state index contributed by atoms with van der Waals surface area (Å²) in [6.07, 6.45) is 0. The van der Waals surface area contributed by atoms with Crippen LogP contribution in [-0.2, 0) is 4.57 Å². The first-order valence-electron chi connectivity index (χ1n) is 11.3. The lowest BCUT2D eigenvalue weighted by atomic mass is 10.1. The van der Waals surface area contributed by atoms with Crippen LogP contribution in [0.25, 0.3) is 0 Å². The highest BCUT2D eigenvalue weighted by Crippen LogP contribution is 2.70. The maximum absolute atomic E-state index is 15.6. The molecule has 0 spiro atoms. The van der Waals surface area contributed by atoms with E-state index in [4.69, 9.17) is 0 Å². The minimum Gasteiger partial charge on any atom is -0.304 e. The number of thioether (sulfide) groups is 1. The number of hydrogen-bond acceptors (Lipinski definition) is 3. The van der Waals surface area contributed by atoms with Crippen molar-refractivity contribution >= 4 is 30.6 Å². The Morgan fingerprint density at radius 2 is 1.22 bits per heavy atom. The lowest BCUT2D eigenvalue weighted by molar-refractivity contribution is 0.273. The number of aryl methyl sites for hydroxylation is 1. The fourth-order valence-corrected chi connectivity index (χ4v) is 9.66. The molecule has 2 saturated heterocycles. The minimum absolute atomic E-state index is 0.174. The van der Waals surface area contributed by atoms with Crippen LogP contribution in [0.2, 0.25) is 0 Å². The van der Waals surface area contributed by atoms with Crippen molar-refractivity contribution < 1.29 is 4.57 Å². The summed E-state index contributed by atoms with van der Waals surface area (Å²) in [6.45, 7) is 5.57. The van der Waals surface area contributed by atoms with E-state index in [-0.39, 0.29) is 5.78 Å². The van der Waals surface area contributed by atoms with Gasteiger partial charge in [-0.3, -0.25) is 9.46 Å². The largest absolute Gasteiger partial charge is 0.304 e. The van der Waals surface area contributed by atoms with E-state index in [1.807, 2.05) is 48.2 Å². The maximum atomic E-state index is 15.6. The van der Waals surface area contributed by atoms with Gasteiger partial charge in [-0.1, -0.05) is 60.7 Å². The molecule has 0 N–H and O–H groups in total. The minimum atomic E-state index is -3.08. The highest BCUT2D eigenvalue weighted by atomic mass is 32.2. The first kappa shape index (κ1) is 21.6. The molecule has 6 heteroatoms. The second-order valence-electron chi connectivity index (χ2n) is 8.39. The van der Waals surface area contributed by atoms with Gasteiger partial charge in [0, 0.05) is 49.1 Å². The van der Waals surface area contributed by atoms with Crippen molar-refractivity contribution in [2.45, 2.75) is 12.7 Å². The van der Waals surface area contributed by atoms with Crippen LogP contribution in [0.3, 0.4) is 0 Å². The Morgan fingerprint density at radius 1 is 0.719 bits per heavy atom. The van der Waals surface area contributed by atoms with E-state index in [0.29, 0.717) is 0 Å². The summed E-state index contributed by atoms with van der Waals surface area (Å²) in [5, 5.41) is 0. The summed E-state index contributed by atoms with van der Waals surface area (Å²) in [4.78, 5) is 2.48. The molecule has 166 valence electrons. The van der Waals surface area contributed by atoms with Gasteiger partial charge in [0.05, 0.1) is 0 Å². The van der Waals surface area contributed by atoms with Crippen LogP contribution in [0.15, 0.2) is 84.9 Å². The van der Waals surface area contributed by atoms with Crippen molar-refractivity contribution in [1.29, 1.82) is 0 Å². The molecule has 3 aromatic rings. The highest BCUT2D eigenvalue weighted by Gasteiger charge is 2.52. The normalized spacial score (nSPS) is 19.8. The van der Waals surface area contributed by atoms with Crippen LogP contribution >= 0.6 is 19.2 Å². The van der Waals surface area contributed by atoms with Crippen molar-refractivity contribution in [2.75, 3.05) is 47.0 Å². The quantitative estimate of drug-likeness (QED) is 0.416. The molecule has 0 aromatic heterocycles. The number of benzene rings is 3. The zero-order valence-corrected chi connectivity index (χ0v) is 20.2. The van der Waals surface area contributed by atoms with Crippen LogP contribution in [0, 0.1) is 6.92 Å². The molecule has 5 rings (SSSR count). The van der Waals surface area contributed by atoms with Gasteiger partial charge in [-0.2, -0.15) is 11.8 Å². The average molecular weight is 464 g/mol. The molecule has 0 aliphatic carbocycles. The van der Waals surface area contributed by atoms with Crippen LogP contribution in [-0.4, -0.2) is 42.6 Å². The van der Waals surface area contributed by atoms with Crippen LogP contribution in [0.4, 0.5) is 11.4 Å². The molecule has 4 nitrogen and oxygen atoms in total. The lowest BCUT2D eigenvalue weighted by Crippen LogP contribution is -2.40. The van der Waals surface area contributed by atoms with E-state index in [1.165, 1.54) is 11.1 Å².